The van der Waals surface area contributed by atoms with Gasteiger partial charge in [0.15, 0.2) is 0 Å². The third-order valence-corrected chi connectivity index (χ3v) is 34.7. The highest BCUT2D eigenvalue weighted by atomic mass is 29.6. The second kappa shape index (κ2) is 5.54. The lowest BCUT2D eigenvalue weighted by Gasteiger charge is -2.38. The first-order chi connectivity index (χ1) is 8.35. The van der Waals surface area contributed by atoms with E-state index in [4.69, 9.17) is 0 Å². The van der Waals surface area contributed by atoms with Crippen molar-refractivity contribution in [3.63, 3.8) is 0 Å². The molecule has 1 rings (SSSR count). The van der Waals surface area contributed by atoms with Crippen LogP contribution in [0, 0.1) is 0 Å². The molecule has 0 amide bonds. The van der Waals surface area contributed by atoms with Crippen molar-refractivity contribution in [1.29, 1.82) is 0 Å². The molecule has 1 atom stereocenters. The summed E-state index contributed by atoms with van der Waals surface area (Å²) in [6, 6.07) is 0. The SMILES string of the molecule is C[Si](C)(C)C1C=CC=CC1=[Si]([Si](C)(C)C)[Si](C)(C)C. The van der Waals surface area contributed by atoms with Crippen LogP contribution in [-0.4, -0.2) is 35.9 Å². The van der Waals surface area contributed by atoms with E-state index in [1.54, 1.807) is 0 Å². The minimum atomic E-state index is -1.15. The van der Waals surface area contributed by atoms with E-state index >= 15 is 0 Å². The van der Waals surface area contributed by atoms with Crippen molar-refractivity contribution in [3.8, 4) is 0 Å². The van der Waals surface area contributed by atoms with Gasteiger partial charge in [-0.1, -0.05) is 88.4 Å². The molecule has 1 aliphatic rings. The van der Waals surface area contributed by atoms with Gasteiger partial charge in [0, 0.05) is 0 Å². The van der Waals surface area contributed by atoms with E-state index in [2.05, 4.69) is 83.2 Å². The minimum Gasteiger partial charge on any atom is -0.0802 e. The zero-order valence-electron chi connectivity index (χ0n) is 14.4. The Balaban J connectivity index is 3.52. The lowest BCUT2D eigenvalue weighted by Crippen LogP contribution is -2.57. The van der Waals surface area contributed by atoms with Crippen LogP contribution in [0.3, 0.4) is 0 Å². The molecule has 0 saturated carbocycles. The van der Waals surface area contributed by atoms with E-state index in [1.165, 1.54) is 0 Å². The number of hydrogen-bond acceptors (Lipinski definition) is 0. The summed E-state index contributed by atoms with van der Waals surface area (Å²) in [4.78, 5) is 0. The summed E-state index contributed by atoms with van der Waals surface area (Å²) in [6.07, 6.45) is 9.64. The highest BCUT2D eigenvalue weighted by Gasteiger charge is 2.38. The fourth-order valence-corrected chi connectivity index (χ4v) is 46.1. The van der Waals surface area contributed by atoms with Crippen molar-refractivity contribution in [2.75, 3.05) is 0 Å². The number of allylic oxidation sites excluding steroid dienone is 4. The fraction of sp³-hybridized carbons (Fsp3) is 0.667. The Labute approximate surface area is 124 Å². The molecule has 0 aliphatic heterocycles. The standard InChI is InChI=1S/C15H32Si4/c1-17(2,3)15-13-11-10-12-14(15)16(18(4,5)6)19(7,8)9/h10-13,15H,1-9H3. The number of rotatable bonds is 3. The van der Waals surface area contributed by atoms with E-state index < -0.39 is 23.3 Å². The van der Waals surface area contributed by atoms with Gasteiger partial charge in [-0.05, 0) is 13.0 Å². The van der Waals surface area contributed by atoms with E-state index in [-0.39, 0.29) is 7.44 Å². The molecule has 0 nitrogen and oxygen atoms in total. The van der Waals surface area contributed by atoms with Gasteiger partial charge in [-0.2, -0.15) is 0 Å². The van der Waals surface area contributed by atoms with E-state index in [1.807, 2.05) is 5.17 Å². The Morgan fingerprint density at radius 1 is 0.789 bits per heavy atom. The van der Waals surface area contributed by atoms with Crippen LogP contribution in [0.4, 0.5) is 0 Å². The Bertz CT molecular complexity index is 407. The molecule has 0 saturated heterocycles. The molecule has 4 heteroatoms. The predicted octanol–water partition coefficient (Wildman–Crippen LogP) is 4.90. The average molecular weight is 325 g/mol. The molecule has 0 fully saturated rings. The molecule has 19 heavy (non-hydrogen) atoms. The third-order valence-electron chi connectivity index (χ3n) is 3.75. The summed E-state index contributed by atoms with van der Waals surface area (Å²) < 4.78 is 0. The minimum absolute atomic E-state index is 0.316. The maximum absolute atomic E-state index is 2.61. The van der Waals surface area contributed by atoms with Gasteiger partial charge in [-0.25, -0.2) is 0 Å². The van der Waals surface area contributed by atoms with Gasteiger partial charge in [0.1, 0.15) is 0 Å². The quantitative estimate of drug-likeness (QED) is 0.648. The lowest BCUT2D eigenvalue weighted by molar-refractivity contribution is 1.34. The molecule has 1 aliphatic carbocycles. The molecule has 0 aromatic heterocycles. The van der Waals surface area contributed by atoms with Gasteiger partial charge in [0.2, 0.25) is 0 Å². The Kier molecular flexibility index (Phi) is 5.04. The van der Waals surface area contributed by atoms with Crippen LogP contribution in [0.2, 0.25) is 64.5 Å². The second-order valence-electron chi connectivity index (χ2n) is 8.92. The molecule has 0 aromatic rings. The van der Waals surface area contributed by atoms with Gasteiger partial charge in [0.05, 0.1) is 23.3 Å². The maximum atomic E-state index is 2.61. The van der Waals surface area contributed by atoms with Gasteiger partial charge in [-0.3, -0.25) is 0 Å². The van der Waals surface area contributed by atoms with Crippen molar-refractivity contribution >= 4 is 35.9 Å². The van der Waals surface area contributed by atoms with Gasteiger partial charge < -0.3 is 0 Å². The monoisotopic (exact) mass is 324 g/mol. The fourth-order valence-electron chi connectivity index (χ4n) is 3.53. The molecule has 0 spiro atoms. The van der Waals surface area contributed by atoms with Crippen LogP contribution in [0.25, 0.3) is 0 Å². The van der Waals surface area contributed by atoms with E-state index in [0.717, 1.165) is 5.54 Å². The van der Waals surface area contributed by atoms with E-state index in [9.17, 15) is 0 Å². The van der Waals surface area contributed by atoms with Crippen molar-refractivity contribution < 1.29 is 0 Å². The zero-order chi connectivity index (χ0) is 15.1. The normalized spacial score (nSPS) is 20.9. The molecule has 0 aromatic carbocycles. The molecule has 0 heterocycles. The smallest absolute Gasteiger partial charge is 0.0560 e. The summed E-state index contributed by atoms with van der Waals surface area (Å²) >= 11 is 0. The first kappa shape index (κ1) is 17.3. The Morgan fingerprint density at radius 3 is 1.63 bits per heavy atom. The number of hydrogen-bond donors (Lipinski definition) is 0. The second-order valence-corrected chi connectivity index (χ2v) is 38.1. The van der Waals surface area contributed by atoms with Crippen LogP contribution >= 0.6 is 0 Å². The molecular formula is C15H32Si4. The van der Waals surface area contributed by atoms with Crippen molar-refractivity contribution in [2.45, 2.75) is 64.5 Å². The van der Waals surface area contributed by atoms with Crippen LogP contribution in [0.1, 0.15) is 0 Å². The summed E-state index contributed by atoms with van der Waals surface area (Å²) in [5.41, 5.74) is 0.796. The lowest BCUT2D eigenvalue weighted by atomic mass is 10.2. The van der Waals surface area contributed by atoms with Crippen molar-refractivity contribution in [3.05, 3.63) is 24.3 Å². The highest BCUT2D eigenvalue weighted by molar-refractivity contribution is 7.61. The summed E-state index contributed by atoms with van der Waals surface area (Å²) in [5.74, 6) is 0. The first-order valence-electron chi connectivity index (χ1n) is 7.45. The Hall–Kier alpha value is 0.218. The third kappa shape index (κ3) is 4.34. The maximum Gasteiger partial charge on any atom is 0.0560 e. The zero-order valence-corrected chi connectivity index (χ0v) is 18.4. The van der Waals surface area contributed by atoms with Crippen molar-refractivity contribution in [2.24, 2.45) is 0 Å². The van der Waals surface area contributed by atoms with Gasteiger partial charge in [0.25, 0.3) is 0 Å². The van der Waals surface area contributed by atoms with E-state index in [0.29, 0.717) is 0 Å². The molecule has 108 valence electrons. The topological polar surface area (TPSA) is 0 Å². The average Bonchev–Trinajstić information content (AvgIpc) is 2.11. The van der Waals surface area contributed by atoms with Crippen LogP contribution in [0.15, 0.2) is 24.3 Å². The summed E-state index contributed by atoms with van der Waals surface area (Å²) in [7, 11) is -3.59. The largest absolute Gasteiger partial charge is 0.0802 e. The summed E-state index contributed by atoms with van der Waals surface area (Å²) in [5, 5.41) is 1.89. The highest BCUT2D eigenvalue weighted by Crippen LogP contribution is 2.30. The Morgan fingerprint density at radius 2 is 1.26 bits per heavy atom. The molecule has 1 unspecified atom stereocenters. The molecular weight excluding hydrogens is 293 g/mol. The van der Waals surface area contributed by atoms with Gasteiger partial charge >= 0.3 is 0 Å². The van der Waals surface area contributed by atoms with Crippen molar-refractivity contribution in [1.82, 2.24) is 0 Å². The van der Waals surface area contributed by atoms with Gasteiger partial charge in [-0.15, -0.1) is 0 Å². The first-order valence-corrected chi connectivity index (χ1v) is 21.5. The molecule has 0 radical (unpaired) electrons. The molecule has 0 bridgehead atoms. The molecule has 0 N–H and O–H groups in total. The summed E-state index contributed by atoms with van der Waals surface area (Å²) in [6.45, 7) is 23.3. The predicted molar refractivity (Wildman–Crippen MR) is 103 cm³/mol. The van der Waals surface area contributed by atoms with Crippen LogP contribution in [0.5, 0.6) is 0 Å². The van der Waals surface area contributed by atoms with Crippen LogP contribution in [-0.2, 0) is 0 Å². The van der Waals surface area contributed by atoms with Crippen LogP contribution < -0.4 is 0 Å².